The van der Waals surface area contributed by atoms with Crippen molar-refractivity contribution in [3.05, 3.63) is 30.1 Å². The zero-order valence-electron chi connectivity index (χ0n) is 13.4. The molecule has 1 aromatic heterocycles. The third kappa shape index (κ3) is 4.43. The summed E-state index contributed by atoms with van der Waals surface area (Å²) >= 11 is 0. The average Bonchev–Trinajstić information content (AvgIpc) is 3.41. The molecule has 2 fully saturated rings. The van der Waals surface area contributed by atoms with Gasteiger partial charge < -0.3 is 15.1 Å². The van der Waals surface area contributed by atoms with E-state index in [9.17, 15) is 9.59 Å². The van der Waals surface area contributed by atoms with Gasteiger partial charge in [0.25, 0.3) is 0 Å². The largest absolute Gasteiger partial charge is 0.341 e. The van der Waals surface area contributed by atoms with Gasteiger partial charge in [-0.3, -0.25) is 9.78 Å². The van der Waals surface area contributed by atoms with Crippen LogP contribution in [0.15, 0.2) is 24.4 Å². The number of carbonyl (C=O) groups excluding carboxylic acids is 2. The standard InChI is InChI=1S/C17H24N4O2/c22-16(14-5-6-14)20-10-3-11-21(13-12-20)17(23)19-9-7-15-4-1-2-8-18-15/h1-2,4,8,14H,3,5-7,9-13H2,(H,19,23). The van der Waals surface area contributed by atoms with Crippen LogP contribution in [0, 0.1) is 5.92 Å². The fraction of sp³-hybridized carbons (Fsp3) is 0.588. The van der Waals surface area contributed by atoms with Crippen LogP contribution in [-0.4, -0.2) is 59.4 Å². The molecule has 0 unspecified atom stereocenters. The Morgan fingerprint density at radius 2 is 1.91 bits per heavy atom. The molecule has 1 N–H and O–H groups in total. The van der Waals surface area contributed by atoms with Crippen molar-refractivity contribution < 1.29 is 9.59 Å². The van der Waals surface area contributed by atoms with Crippen molar-refractivity contribution in [2.75, 3.05) is 32.7 Å². The predicted molar refractivity (Wildman–Crippen MR) is 86.8 cm³/mol. The summed E-state index contributed by atoms with van der Waals surface area (Å²) in [7, 11) is 0. The lowest BCUT2D eigenvalue weighted by Crippen LogP contribution is -2.43. The third-order valence-corrected chi connectivity index (χ3v) is 4.40. The molecule has 0 spiro atoms. The highest BCUT2D eigenvalue weighted by Crippen LogP contribution is 2.31. The summed E-state index contributed by atoms with van der Waals surface area (Å²) in [5, 5.41) is 2.95. The Morgan fingerprint density at radius 3 is 2.65 bits per heavy atom. The molecule has 0 bridgehead atoms. The van der Waals surface area contributed by atoms with Crippen molar-refractivity contribution >= 4 is 11.9 Å². The first kappa shape index (κ1) is 15.8. The Hall–Kier alpha value is -2.11. The molecule has 1 aromatic rings. The quantitative estimate of drug-likeness (QED) is 0.910. The topological polar surface area (TPSA) is 65.5 Å². The highest BCUT2D eigenvalue weighted by Gasteiger charge is 2.34. The van der Waals surface area contributed by atoms with Crippen LogP contribution in [0.5, 0.6) is 0 Å². The summed E-state index contributed by atoms with van der Waals surface area (Å²) < 4.78 is 0. The Labute approximate surface area is 136 Å². The maximum Gasteiger partial charge on any atom is 0.317 e. The zero-order chi connectivity index (χ0) is 16.1. The van der Waals surface area contributed by atoms with Crippen molar-refractivity contribution in [2.24, 2.45) is 5.92 Å². The van der Waals surface area contributed by atoms with Crippen LogP contribution in [0.1, 0.15) is 25.0 Å². The van der Waals surface area contributed by atoms with E-state index >= 15 is 0 Å². The first-order valence-electron chi connectivity index (χ1n) is 8.45. The minimum atomic E-state index is -0.0401. The summed E-state index contributed by atoms with van der Waals surface area (Å²) in [4.78, 5) is 32.4. The van der Waals surface area contributed by atoms with E-state index in [1.807, 2.05) is 28.0 Å². The number of pyridine rings is 1. The van der Waals surface area contributed by atoms with Gasteiger partial charge in [0.2, 0.25) is 5.91 Å². The lowest BCUT2D eigenvalue weighted by Gasteiger charge is -2.22. The van der Waals surface area contributed by atoms with E-state index in [0.29, 0.717) is 26.2 Å². The normalized spacial score (nSPS) is 18.4. The molecule has 6 nitrogen and oxygen atoms in total. The Bertz CT molecular complexity index is 545. The van der Waals surface area contributed by atoms with Crippen LogP contribution < -0.4 is 5.32 Å². The van der Waals surface area contributed by atoms with E-state index in [4.69, 9.17) is 0 Å². The van der Waals surface area contributed by atoms with Crippen LogP contribution >= 0.6 is 0 Å². The molecule has 1 saturated carbocycles. The molecule has 0 aromatic carbocycles. The van der Waals surface area contributed by atoms with Crippen molar-refractivity contribution in [1.82, 2.24) is 20.1 Å². The first-order valence-corrected chi connectivity index (χ1v) is 8.45. The number of urea groups is 1. The van der Waals surface area contributed by atoms with E-state index in [1.54, 1.807) is 6.20 Å². The van der Waals surface area contributed by atoms with Crippen LogP contribution in [-0.2, 0) is 11.2 Å². The van der Waals surface area contributed by atoms with Gasteiger partial charge in [0, 0.05) is 57.0 Å². The van der Waals surface area contributed by atoms with Crippen molar-refractivity contribution in [3.8, 4) is 0 Å². The van der Waals surface area contributed by atoms with Gasteiger partial charge in [-0.05, 0) is 31.4 Å². The van der Waals surface area contributed by atoms with Crippen LogP contribution in [0.25, 0.3) is 0 Å². The van der Waals surface area contributed by atoms with Gasteiger partial charge in [-0.1, -0.05) is 6.07 Å². The summed E-state index contributed by atoms with van der Waals surface area (Å²) in [6.45, 7) is 3.34. The smallest absolute Gasteiger partial charge is 0.317 e. The van der Waals surface area contributed by atoms with Crippen LogP contribution in [0.3, 0.4) is 0 Å². The number of hydrogen-bond acceptors (Lipinski definition) is 3. The summed E-state index contributed by atoms with van der Waals surface area (Å²) in [6, 6.07) is 5.75. The lowest BCUT2D eigenvalue weighted by atomic mass is 10.3. The number of aromatic nitrogens is 1. The van der Waals surface area contributed by atoms with Gasteiger partial charge in [-0.2, -0.15) is 0 Å². The molecule has 1 aliphatic carbocycles. The van der Waals surface area contributed by atoms with Gasteiger partial charge in [0.15, 0.2) is 0 Å². The molecule has 3 amide bonds. The van der Waals surface area contributed by atoms with Gasteiger partial charge in [0.1, 0.15) is 0 Å². The summed E-state index contributed by atoms with van der Waals surface area (Å²) in [5.74, 6) is 0.538. The highest BCUT2D eigenvalue weighted by molar-refractivity contribution is 5.81. The second kappa shape index (κ2) is 7.44. The number of rotatable bonds is 4. The van der Waals surface area contributed by atoms with E-state index in [2.05, 4.69) is 10.3 Å². The second-order valence-corrected chi connectivity index (χ2v) is 6.24. The number of nitrogens with zero attached hydrogens (tertiary/aromatic N) is 3. The maximum atomic E-state index is 12.3. The predicted octanol–water partition coefficient (Wildman–Crippen LogP) is 1.28. The monoisotopic (exact) mass is 316 g/mol. The Balaban J connectivity index is 1.41. The molecule has 1 aliphatic heterocycles. The molecule has 0 atom stereocenters. The average molecular weight is 316 g/mol. The van der Waals surface area contributed by atoms with Crippen LogP contribution in [0.4, 0.5) is 4.79 Å². The minimum absolute atomic E-state index is 0.0401. The molecule has 3 rings (SSSR count). The van der Waals surface area contributed by atoms with Gasteiger partial charge in [-0.15, -0.1) is 0 Å². The second-order valence-electron chi connectivity index (χ2n) is 6.24. The Kier molecular flexibility index (Phi) is 5.10. The molecule has 23 heavy (non-hydrogen) atoms. The maximum absolute atomic E-state index is 12.3. The minimum Gasteiger partial charge on any atom is -0.341 e. The number of carbonyl (C=O) groups is 2. The SMILES string of the molecule is O=C(NCCc1ccccn1)N1CCCN(C(=O)C2CC2)CC1. The number of hydrogen-bond donors (Lipinski definition) is 1. The van der Waals surface area contributed by atoms with Crippen LogP contribution in [0.2, 0.25) is 0 Å². The van der Waals surface area contributed by atoms with E-state index in [1.165, 1.54) is 0 Å². The molecule has 2 aliphatic rings. The van der Waals surface area contributed by atoms with E-state index < -0.39 is 0 Å². The Morgan fingerprint density at radius 1 is 1.13 bits per heavy atom. The summed E-state index contributed by atoms with van der Waals surface area (Å²) in [5.41, 5.74) is 0.977. The van der Waals surface area contributed by atoms with Crippen molar-refractivity contribution in [1.29, 1.82) is 0 Å². The molecular formula is C17H24N4O2. The van der Waals surface area contributed by atoms with E-state index in [0.717, 1.165) is 37.9 Å². The first-order chi connectivity index (χ1) is 11.2. The fourth-order valence-electron chi connectivity index (χ4n) is 2.88. The van der Waals surface area contributed by atoms with Crippen molar-refractivity contribution in [3.63, 3.8) is 0 Å². The highest BCUT2D eigenvalue weighted by atomic mass is 16.2. The zero-order valence-corrected chi connectivity index (χ0v) is 13.4. The molecule has 1 saturated heterocycles. The molecule has 2 heterocycles. The third-order valence-electron chi connectivity index (χ3n) is 4.40. The van der Waals surface area contributed by atoms with E-state index in [-0.39, 0.29) is 17.9 Å². The number of nitrogens with one attached hydrogen (secondary N) is 1. The fourth-order valence-corrected chi connectivity index (χ4v) is 2.88. The summed E-state index contributed by atoms with van der Waals surface area (Å²) in [6.07, 6.45) is 5.41. The number of amides is 3. The molecular weight excluding hydrogens is 292 g/mol. The molecule has 124 valence electrons. The molecule has 0 radical (unpaired) electrons. The van der Waals surface area contributed by atoms with Gasteiger partial charge in [0.05, 0.1) is 0 Å². The van der Waals surface area contributed by atoms with Crippen molar-refractivity contribution in [2.45, 2.75) is 25.7 Å². The lowest BCUT2D eigenvalue weighted by molar-refractivity contribution is -0.132. The van der Waals surface area contributed by atoms with Gasteiger partial charge in [-0.25, -0.2) is 4.79 Å². The van der Waals surface area contributed by atoms with Gasteiger partial charge >= 0.3 is 6.03 Å². The molecule has 6 heteroatoms.